The molecule has 144 valence electrons. The highest BCUT2D eigenvalue weighted by molar-refractivity contribution is 6.42. The maximum atomic E-state index is 10.3. The number of halogens is 3. The highest BCUT2D eigenvalue weighted by Gasteiger charge is 2.26. The molecule has 0 unspecified atom stereocenters. The molecule has 0 aliphatic carbocycles. The van der Waals surface area contributed by atoms with E-state index >= 15 is 0 Å². The first kappa shape index (κ1) is 20.6. The lowest BCUT2D eigenvalue weighted by atomic mass is 9.92. The maximum Gasteiger partial charge on any atom is 0.247 e. The number of aliphatic hydroxyl groups is 1. The van der Waals surface area contributed by atoms with Gasteiger partial charge in [0.05, 0.1) is 33.7 Å². The Balaban J connectivity index is 1.92. The molecule has 2 aromatic carbocycles. The number of hydrogen-bond acceptors (Lipinski definition) is 4. The predicted octanol–water partition coefficient (Wildman–Crippen LogP) is 6.26. The van der Waals surface area contributed by atoms with Crippen LogP contribution in [0.4, 0.5) is 5.69 Å². The van der Waals surface area contributed by atoms with E-state index < -0.39 is 12.0 Å². The van der Waals surface area contributed by atoms with Crippen molar-refractivity contribution in [3.05, 3.63) is 73.8 Å². The second-order valence-corrected chi connectivity index (χ2v) is 7.61. The van der Waals surface area contributed by atoms with Crippen LogP contribution in [-0.4, -0.2) is 21.4 Å². The van der Waals surface area contributed by atoms with Gasteiger partial charge >= 0.3 is 0 Å². The van der Waals surface area contributed by atoms with Crippen molar-refractivity contribution in [2.24, 2.45) is 0 Å². The SMILES string of the molecule is [C-]#[N+]c1ccc(C[C@@H](c2nnc(-c3ccc(Cl)c(Cl)c3)o2)[C@@H](C)O)c(C)c1Cl. The van der Waals surface area contributed by atoms with Crippen LogP contribution in [0.2, 0.25) is 15.1 Å². The van der Waals surface area contributed by atoms with E-state index in [1.54, 1.807) is 31.2 Å². The molecule has 0 radical (unpaired) electrons. The van der Waals surface area contributed by atoms with E-state index in [1.165, 1.54) is 0 Å². The minimum atomic E-state index is -0.735. The minimum Gasteiger partial charge on any atom is -0.420 e. The number of aromatic nitrogens is 2. The van der Waals surface area contributed by atoms with E-state index in [-0.39, 0.29) is 5.89 Å². The number of rotatable bonds is 5. The third kappa shape index (κ3) is 4.16. The summed E-state index contributed by atoms with van der Waals surface area (Å²) >= 11 is 18.3. The zero-order valence-electron chi connectivity index (χ0n) is 15.1. The Morgan fingerprint density at radius 3 is 2.54 bits per heavy atom. The summed E-state index contributed by atoms with van der Waals surface area (Å²) in [5.74, 6) is 0.163. The molecule has 1 N–H and O–H groups in total. The fourth-order valence-electron chi connectivity index (χ4n) is 2.85. The van der Waals surface area contributed by atoms with Gasteiger partial charge in [0.25, 0.3) is 0 Å². The lowest BCUT2D eigenvalue weighted by Crippen LogP contribution is -2.18. The molecule has 0 amide bonds. The largest absolute Gasteiger partial charge is 0.420 e. The van der Waals surface area contributed by atoms with Crippen molar-refractivity contribution in [2.75, 3.05) is 0 Å². The number of nitrogens with zero attached hydrogens (tertiary/aromatic N) is 3. The summed E-state index contributed by atoms with van der Waals surface area (Å²) in [4.78, 5) is 3.40. The van der Waals surface area contributed by atoms with Crippen LogP contribution >= 0.6 is 34.8 Å². The lowest BCUT2D eigenvalue weighted by Gasteiger charge is -2.18. The van der Waals surface area contributed by atoms with E-state index in [2.05, 4.69) is 15.0 Å². The Labute approximate surface area is 177 Å². The van der Waals surface area contributed by atoms with Gasteiger partial charge in [-0.3, -0.25) is 0 Å². The highest BCUT2D eigenvalue weighted by atomic mass is 35.5. The fourth-order valence-corrected chi connectivity index (χ4v) is 3.37. The molecule has 5 nitrogen and oxygen atoms in total. The zero-order valence-corrected chi connectivity index (χ0v) is 17.3. The maximum absolute atomic E-state index is 10.3. The Kier molecular flexibility index (Phi) is 6.26. The van der Waals surface area contributed by atoms with Crippen LogP contribution in [0.5, 0.6) is 0 Å². The van der Waals surface area contributed by atoms with Crippen molar-refractivity contribution >= 4 is 40.5 Å². The molecule has 3 rings (SSSR count). The van der Waals surface area contributed by atoms with Gasteiger partial charge in [0, 0.05) is 5.56 Å². The van der Waals surface area contributed by atoms with Gasteiger partial charge in [-0.2, -0.15) is 0 Å². The molecule has 0 aliphatic heterocycles. The number of benzene rings is 2. The predicted molar refractivity (Wildman–Crippen MR) is 110 cm³/mol. The van der Waals surface area contributed by atoms with E-state index in [0.717, 1.165) is 11.1 Å². The van der Waals surface area contributed by atoms with Crippen molar-refractivity contribution in [3.8, 4) is 11.5 Å². The van der Waals surface area contributed by atoms with Gasteiger partial charge in [0.1, 0.15) is 0 Å². The van der Waals surface area contributed by atoms with Gasteiger partial charge in [-0.1, -0.05) is 46.9 Å². The van der Waals surface area contributed by atoms with Crippen LogP contribution in [0.3, 0.4) is 0 Å². The first-order valence-electron chi connectivity index (χ1n) is 8.44. The summed E-state index contributed by atoms with van der Waals surface area (Å²) in [6.45, 7) is 10.7. The monoisotopic (exact) mass is 435 g/mol. The molecule has 0 aliphatic rings. The molecule has 0 spiro atoms. The van der Waals surface area contributed by atoms with Gasteiger partial charge in [0.15, 0.2) is 0 Å². The molecule has 28 heavy (non-hydrogen) atoms. The summed E-state index contributed by atoms with van der Waals surface area (Å²) in [5.41, 5.74) is 2.73. The second kappa shape index (κ2) is 8.50. The summed E-state index contributed by atoms with van der Waals surface area (Å²) in [6.07, 6.45) is -0.300. The van der Waals surface area contributed by atoms with Crippen LogP contribution in [0, 0.1) is 13.5 Å². The Morgan fingerprint density at radius 1 is 1.14 bits per heavy atom. The first-order valence-corrected chi connectivity index (χ1v) is 9.57. The molecule has 0 fully saturated rings. The third-order valence-electron chi connectivity index (χ3n) is 4.55. The standard InChI is InChI=1S/C20H16Cl3N3O2/c1-10-12(5-7-17(24-3)18(10)23)8-14(11(2)27)20-26-25-19(28-20)13-4-6-15(21)16(22)9-13/h4-7,9,11,14,27H,8H2,1-2H3/t11-,14-/m1/s1. The lowest BCUT2D eigenvalue weighted by molar-refractivity contribution is 0.148. The smallest absolute Gasteiger partial charge is 0.247 e. The summed E-state index contributed by atoms with van der Waals surface area (Å²) in [5, 5.41) is 19.7. The van der Waals surface area contributed by atoms with Crippen LogP contribution in [-0.2, 0) is 6.42 Å². The normalized spacial score (nSPS) is 13.2. The van der Waals surface area contributed by atoms with Gasteiger partial charge < -0.3 is 9.52 Å². The Bertz CT molecular complexity index is 1060. The van der Waals surface area contributed by atoms with E-state index in [4.69, 9.17) is 45.8 Å². The van der Waals surface area contributed by atoms with Crippen LogP contribution < -0.4 is 0 Å². The van der Waals surface area contributed by atoms with E-state index in [1.807, 2.05) is 13.0 Å². The second-order valence-electron chi connectivity index (χ2n) is 6.42. The first-order chi connectivity index (χ1) is 13.3. The molecule has 2 atom stereocenters. The summed E-state index contributed by atoms with van der Waals surface area (Å²) in [6, 6.07) is 8.53. The summed E-state index contributed by atoms with van der Waals surface area (Å²) in [7, 11) is 0. The minimum absolute atomic E-state index is 0.289. The topological polar surface area (TPSA) is 63.5 Å². The van der Waals surface area contributed by atoms with E-state index in [9.17, 15) is 5.11 Å². The Morgan fingerprint density at radius 2 is 1.89 bits per heavy atom. The van der Waals surface area contributed by atoms with E-state index in [0.29, 0.717) is 38.6 Å². The Hall–Kier alpha value is -2.10. The molecule has 3 aromatic rings. The van der Waals surface area contributed by atoms with Gasteiger partial charge in [0.2, 0.25) is 17.5 Å². The molecular weight excluding hydrogens is 421 g/mol. The zero-order chi connectivity index (χ0) is 20.4. The average molecular weight is 437 g/mol. The molecule has 0 saturated carbocycles. The van der Waals surface area contributed by atoms with Crippen LogP contribution in [0.25, 0.3) is 16.3 Å². The van der Waals surface area contributed by atoms with Crippen molar-refractivity contribution in [3.63, 3.8) is 0 Å². The average Bonchev–Trinajstić information content (AvgIpc) is 3.14. The number of aliphatic hydroxyl groups excluding tert-OH is 1. The quantitative estimate of drug-likeness (QED) is 0.479. The third-order valence-corrected chi connectivity index (χ3v) is 5.76. The number of hydrogen-bond donors (Lipinski definition) is 1. The van der Waals surface area contributed by atoms with Crippen molar-refractivity contribution in [2.45, 2.75) is 32.3 Å². The van der Waals surface area contributed by atoms with Gasteiger partial charge in [-0.25, -0.2) is 4.85 Å². The molecule has 1 heterocycles. The van der Waals surface area contributed by atoms with Crippen molar-refractivity contribution in [1.82, 2.24) is 10.2 Å². The molecule has 0 bridgehead atoms. The van der Waals surface area contributed by atoms with Crippen molar-refractivity contribution in [1.29, 1.82) is 0 Å². The van der Waals surface area contributed by atoms with Crippen LogP contribution in [0.1, 0.15) is 29.9 Å². The van der Waals surface area contributed by atoms with Gasteiger partial charge in [-0.15, -0.1) is 10.2 Å². The summed E-state index contributed by atoms with van der Waals surface area (Å²) < 4.78 is 5.81. The van der Waals surface area contributed by atoms with Gasteiger partial charge in [-0.05, 0) is 49.6 Å². The van der Waals surface area contributed by atoms with Crippen LogP contribution in [0.15, 0.2) is 34.7 Å². The molecule has 0 saturated heterocycles. The molecule has 1 aromatic heterocycles. The van der Waals surface area contributed by atoms with Crippen molar-refractivity contribution < 1.29 is 9.52 Å². The molecular formula is C20H16Cl3N3O2. The fraction of sp³-hybridized carbons (Fsp3) is 0.250. The highest BCUT2D eigenvalue weighted by Crippen LogP contribution is 2.34. The molecule has 8 heteroatoms.